The molecule has 4 nitrogen and oxygen atoms in total. The second kappa shape index (κ2) is 6.54. The SMILES string of the molecule is CCc1c(C(=O)OC)ccc(COC(C)=O)c1Br. The summed E-state index contributed by atoms with van der Waals surface area (Å²) in [5.41, 5.74) is 2.21. The number of hydrogen-bond acceptors (Lipinski definition) is 4. The van der Waals surface area contributed by atoms with Crippen LogP contribution in [-0.2, 0) is 27.3 Å². The molecule has 0 fully saturated rings. The Kier molecular flexibility index (Phi) is 5.34. The van der Waals surface area contributed by atoms with E-state index in [0.29, 0.717) is 12.0 Å². The molecule has 0 aliphatic rings. The molecule has 1 aromatic rings. The highest BCUT2D eigenvalue weighted by molar-refractivity contribution is 9.10. The van der Waals surface area contributed by atoms with Crippen LogP contribution in [0, 0.1) is 0 Å². The molecule has 0 amide bonds. The van der Waals surface area contributed by atoms with E-state index in [4.69, 9.17) is 9.47 Å². The summed E-state index contributed by atoms with van der Waals surface area (Å²) >= 11 is 3.44. The lowest BCUT2D eigenvalue weighted by atomic mass is 10.0. The molecule has 0 aliphatic carbocycles. The molecule has 0 N–H and O–H groups in total. The summed E-state index contributed by atoms with van der Waals surface area (Å²) in [7, 11) is 1.35. The van der Waals surface area contributed by atoms with Crippen molar-refractivity contribution in [3.8, 4) is 0 Å². The Morgan fingerprint density at radius 2 is 2.00 bits per heavy atom. The van der Waals surface area contributed by atoms with E-state index in [1.165, 1.54) is 14.0 Å². The summed E-state index contributed by atoms with van der Waals surface area (Å²) in [4.78, 5) is 22.4. The van der Waals surface area contributed by atoms with Crippen LogP contribution in [0.2, 0.25) is 0 Å². The van der Waals surface area contributed by atoms with E-state index in [1.807, 2.05) is 6.92 Å². The smallest absolute Gasteiger partial charge is 0.338 e. The normalized spacial score (nSPS) is 10.0. The molecule has 0 saturated heterocycles. The van der Waals surface area contributed by atoms with Gasteiger partial charge < -0.3 is 9.47 Å². The van der Waals surface area contributed by atoms with Crippen molar-refractivity contribution in [2.24, 2.45) is 0 Å². The first-order valence-corrected chi connectivity index (χ1v) is 6.32. The van der Waals surface area contributed by atoms with Gasteiger partial charge in [0.1, 0.15) is 6.61 Å². The molecule has 0 spiro atoms. The van der Waals surface area contributed by atoms with Gasteiger partial charge in [-0.15, -0.1) is 0 Å². The van der Waals surface area contributed by atoms with Gasteiger partial charge in [-0.2, -0.15) is 0 Å². The molecular formula is C13H15BrO4. The van der Waals surface area contributed by atoms with Crippen LogP contribution < -0.4 is 0 Å². The molecule has 0 bridgehead atoms. The fourth-order valence-electron chi connectivity index (χ4n) is 1.61. The summed E-state index contributed by atoms with van der Waals surface area (Å²) < 4.78 is 10.5. The van der Waals surface area contributed by atoms with Gasteiger partial charge in [0.2, 0.25) is 0 Å². The van der Waals surface area contributed by atoms with Crippen LogP contribution in [-0.4, -0.2) is 19.0 Å². The predicted molar refractivity (Wildman–Crippen MR) is 70.3 cm³/mol. The number of methoxy groups -OCH3 is 1. The zero-order valence-corrected chi connectivity index (χ0v) is 12.2. The molecule has 0 heterocycles. The van der Waals surface area contributed by atoms with Crippen LogP contribution in [0.5, 0.6) is 0 Å². The third-order valence-corrected chi connectivity index (χ3v) is 3.50. The Morgan fingerprint density at radius 1 is 1.33 bits per heavy atom. The lowest BCUT2D eigenvalue weighted by Crippen LogP contribution is -2.08. The zero-order chi connectivity index (χ0) is 13.7. The van der Waals surface area contributed by atoms with E-state index >= 15 is 0 Å². The van der Waals surface area contributed by atoms with E-state index < -0.39 is 0 Å². The van der Waals surface area contributed by atoms with Crippen LogP contribution in [0.1, 0.15) is 35.3 Å². The number of carbonyl (C=O) groups excluding carboxylic acids is 2. The van der Waals surface area contributed by atoms with E-state index in [9.17, 15) is 9.59 Å². The minimum Gasteiger partial charge on any atom is -0.465 e. The van der Waals surface area contributed by atoms with Gasteiger partial charge in [0.25, 0.3) is 0 Å². The third-order valence-electron chi connectivity index (χ3n) is 2.51. The summed E-state index contributed by atoms with van der Waals surface area (Å²) in [6.45, 7) is 3.49. The molecular weight excluding hydrogens is 300 g/mol. The lowest BCUT2D eigenvalue weighted by molar-refractivity contribution is -0.142. The van der Waals surface area contributed by atoms with Crippen LogP contribution >= 0.6 is 15.9 Å². The first kappa shape index (κ1) is 14.7. The molecule has 98 valence electrons. The van der Waals surface area contributed by atoms with Crippen molar-refractivity contribution in [1.82, 2.24) is 0 Å². The molecule has 0 atom stereocenters. The Morgan fingerprint density at radius 3 is 2.50 bits per heavy atom. The molecule has 0 unspecified atom stereocenters. The van der Waals surface area contributed by atoms with Gasteiger partial charge >= 0.3 is 11.9 Å². The quantitative estimate of drug-likeness (QED) is 0.802. The maximum atomic E-state index is 11.6. The molecule has 0 saturated carbocycles. The Hall–Kier alpha value is -1.36. The summed E-state index contributed by atoms with van der Waals surface area (Å²) in [5.74, 6) is -0.705. The van der Waals surface area contributed by atoms with Crippen molar-refractivity contribution in [2.45, 2.75) is 26.9 Å². The molecule has 0 aliphatic heterocycles. The fourth-order valence-corrected chi connectivity index (χ4v) is 2.35. The third kappa shape index (κ3) is 3.32. The van der Waals surface area contributed by atoms with E-state index in [-0.39, 0.29) is 18.5 Å². The number of hydrogen-bond donors (Lipinski definition) is 0. The standard InChI is InChI=1S/C13H15BrO4/c1-4-10-11(13(16)17-3)6-5-9(12(10)14)7-18-8(2)15/h5-6H,4,7H2,1-3H3. The average molecular weight is 315 g/mol. The maximum absolute atomic E-state index is 11.6. The van der Waals surface area contributed by atoms with Crippen LogP contribution in [0.15, 0.2) is 16.6 Å². The summed E-state index contributed by atoms with van der Waals surface area (Å²) in [6, 6.07) is 3.44. The highest BCUT2D eigenvalue weighted by atomic mass is 79.9. The van der Waals surface area contributed by atoms with Crippen molar-refractivity contribution in [1.29, 1.82) is 0 Å². The second-order valence-corrected chi connectivity index (χ2v) is 4.48. The fraction of sp³-hybridized carbons (Fsp3) is 0.385. The zero-order valence-electron chi connectivity index (χ0n) is 10.6. The number of esters is 2. The van der Waals surface area contributed by atoms with Crippen molar-refractivity contribution in [2.75, 3.05) is 7.11 Å². The topological polar surface area (TPSA) is 52.6 Å². The maximum Gasteiger partial charge on any atom is 0.338 e. The van der Waals surface area contributed by atoms with Crippen LogP contribution in [0.3, 0.4) is 0 Å². The summed E-state index contributed by atoms with van der Waals surface area (Å²) in [6.07, 6.45) is 0.679. The van der Waals surface area contributed by atoms with Crippen molar-refractivity contribution in [3.63, 3.8) is 0 Å². The highest BCUT2D eigenvalue weighted by Gasteiger charge is 2.16. The highest BCUT2D eigenvalue weighted by Crippen LogP contribution is 2.27. The molecule has 0 aromatic heterocycles. The van der Waals surface area contributed by atoms with E-state index in [0.717, 1.165) is 15.6 Å². The minimum atomic E-state index is -0.369. The molecule has 0 radical (unpaired) electrons. The Bertz CT molecular complexity index is 468. The van der Waals surface area contributed by atoms with E-state index in [2.05, 4.69) is 15.9 Å². The Labute approximate surface area is 114 Å². The van der Waals surface area contributed by atoms with Gasteiger partial charge in [0.05, 0.1) is 12.7 Å². The number of benzene rings is 1. The number of carbonyl (C=O) groups is 2. The van der Waals surface area contributed by atoms with Gasteiger partial charge in [-0.3, -0.25) is 4.79 Å². The molecule has 5 heteroatoms. The first-order valence-electron chi connectivity index (χ1n) is 5.53. The molecule has 18 heavy (non-hydrogen) atoms. The largest absolute Gasteiger partial charge is 0.465 e. The number of halogens is 1. The predicted octanol–water partition coefficient (Wildman–Crippen LogP) is 2.86. The van der Waals surface area contributed by atoms with Gasteiger partial charge in [-0.1, -0.05) is 28.9 Å². The second-order valence-electron chi connectivity index (χ2n) is 3.69. The number of rotatable bonds is 4. The monoisotopic (exact) mass is 314 g/mol. The lowest BCUT2D eigenvalue weighted by Gasteiger charge is -2.12. The molecule has 1 rings (SSSR count). The van der Waals surface area contributed by atoms with Gasteiger partial charge in [0.15, 0.2) is 0 Å². The molecule has 1 aromatic carbocycles. The first-order chi connectivity index (χ1) is 8.51. The average Bonchev–Trinajstić information content (AvgIpc) is 2.35. The van der Waals surface area contributed by atoms with Crippen LogP contribution in [0.4, 0.5) is 0 Å². The van der Waals surface area contributed by atoms with Crippen molar-refractivity contribution in [3.05, 3.63) is 33.3 Å². The minimum absolute atomic E-state index is 0.185. The van der Waals surface area contributed by atoms with E-state index in [1.54, 1.807) is 12.1 Å². The van der Waals surface area contributed by atoms with Crippen LogP contribution in [0.25, 0.3) is 0 Å². The van der Waals surface area contributed by atoms with Gasteiger partial charge in [-0.05, 0) is 18.1 Å². The van der Waals surface area contributed by atoms with Crippen molar-refractivity contribution < 1.29 is 19.1 Å². The van der Waals surface area contributed by atoms with Crippen molar-refractivity contribution >= 4 is 27.9 Å². The Balaban J connectivity index is 3.11. The number of ether oxygens (including phenoxy) is 2. The summed E-state index contributed by atoms with van der Waals surface area (Å²) in [5, 5.41) is 0. The van der Waals surface area contributed by atoms with Gasteiger partial charge in [0, 0.05) is 17.0 Å². The van der Waals surface area contributed by atoms with Gasteiger partial charge in [-0.25, -0.2) is 4.79 Å².